The quantitative estimate of drug-likeness (QED) is 0.287. The van der Waals surface area contributed by atoms with E-state index in [9.17, 15) is 4.79 Å². The zero-order valence-electron chi connectivity index (χ0n) is 21.3. The van der Waals surface area contributed by atoms with Crippen molar-refractivity contribution >= 4 is 22.7 Å². The first-order valence-electron chi connectivity index (χ1n) is 12.4. The molecule has 0 radical (unpaired) electrons. The van der Waals surface area contributed by atoms with Crippen LogP contribution in [0.5, 0.6) is 0 Å². The summed E-state index contributed by atoms with van der Waals surface area (Å²) in [5, 5.41) is 17.2. The number of esters is 1. The zero-order chi connectivity index (χ0) is 26.5. The van der Waals surface area contributed by atoms with Crippen LogP contribution in [0.3, 0.4) is 0 Å². The van der Waals surface area contributed by atoms with E-state index in [2.05, 4.69) is 20.9 Å². The molecule has 0 amide bonds. The van der Waals surface area contributed by atoms with Crippen LogP contribution in [0.1, 0.15) is 30.4 Å². The SMILES string of the molecule is CCOC(=O)CCc1cc(-c2cccnc2)n(-c2ccc3c(c2)nc(CNc2ccc(C#N)cc2)n3C)n1. The number of hydrogen-bond acceptors (Lipinski definition) is 7. The molecule has 0 aliphatic heterocycles. The van der Waals surface area contributed by atoms with E-state index < -0.39 is 0 Å². The van der Waals surface area contributed by atoms with Crippen molar-refractivity contribution in [2.24, 2.45) is 7.05 Å². The average Bonchev–Trinajstić information content (AvgIpc) is 3.52. The van der Waals surface area contributed by atoms with E-state index in [1.807, 2.05) is 60.3 Å². The highest BCUT2D eigenvalue weighted by Gasteiger charge is 2.16. The molecular formula is C29H27N7O2. The second-order valence-electron chi connectivity index (χ2n) is 8.78. The number of fused-ring (bicyclic) bond motifs is 1. The molecule has 0 spiro atoms. The maximum absolute atomic E-state index is 11.9. The number of imidazole rings is 1. The number of nitrogens with zero attached hydrogens (tertiary/aromatic N) is 6. The number of nitriles is 1. The molecule has 0 aliphatic carbocycles. The minimum Gasteiger partial charge on any atom is -0.466 e. The Labute approximate surface area is 220 Å². The first-order valence-corrected chi connectivity index (χ1v) is 12.4. The molecule has 0 aliphatic rings. The van der Waals surface area contributed by atoms with Crippen molar-refractivity contribution in [2.45, 2.75) is 26.3 Å². The summed E-state index contributed by atoms with van der Waals surface area (Å²) in [5.74, 6) is 0.645. The molecule has 9 heteroatoms. The highest BCUT2D eigenvalue weighted by atomic mass is 16.5. The van der Waals surface area contributed by atoms with Gasteiger partial charge in [0.1, 0.15) is 5.82 Å². The lowest BCUT2D eigenvalue weighted by molar-refractivity contribution is -0.143. The van der Waals surface area contributed by atoms with Crippen LogP contribution < -0.4 is 5.32 Å². The summed E-state index contributed by atoms with van der Waals surface area (Å²) in [6.45, 7) is 2.70. The molecule has 5 aromatic rings. The van der Waals surface area contributed by atoms with Crippen LogP contribution in [-0.4, -0.2) is 36.9 Å². The van der Waals surface area contributed by atoms with E-state index in [-0.39, 0.29) is 12.4 Å². The maximum atomic E-state index is 11.9. The number of nitrogens with one attached hydrogen (secondary N) is 1. The van der Waals surface area contributed by atoms with Crippen molar-refractivity contribution in [1.82, 2.24) is 24.3 Å². The van der Waals surface area contributed by atoms with Crippen LogP contribution >= 0.6 is 0 Å². The van der Waals surface area contributed by atoms with Crippen LogP contribution in [0.4, 0.5) is 5.69 Å². The molecule has 190 valence electrons. The molecule has 3 aromatic heterocycles. The fourth-order valence-electron chi connectivity index (χ4n) is 4.30. The second-order valence-corrected chi connectivity index (χ2v) is 8.78. The van der Waals surface area contributed by atoms with E-state index in [0.29, 0.717) is 25.1 Å². The van der Waals surface area contributed by atoms with Gasteiger partial charge in [0.25, 0.3) is 0 Å². The number of aromatic nitrogens is 5. The van der Waals surface area contributed by atoms with Gasteiger partial charge in [0.05, 0.1) is 59.3 Å². The van der Waals surface area contributed by atoms with Gasteiger partial charge >= 0.3 is 5.97 Å². The highest BCUT2D eigenvalue weighted by Crippen LogP contribution is 2.26. The summed E-state index contributed by atoms with van der Waals surface area (Å²) in [6, 6.07) is 21.4. The molecule has 9 nitrogen and oxygen atoms in total. The maximum Gasteiger partial charge on any atom is 0.306 e. The third-order valence-corrected chi connectivity index (χ3v) is 6.27. The molecule has 0 saturated heterocycles. The van der Waals surface area contributed by atoms with Crippen molar-refractivity contribution in [3.63, 3.8) is 0 Å². The number of rotatable bonds is 9. The largest absolute Gasteiger partial charge is 0.466 e. The van der Waals surface area contributed by atoms with E-state index in [4.69, 9.17) is 20.1 Å². The number of benzene rings is 2. The molecule has 2 aromatic carbocycles. The molecule has 1 N–H and O–H groups in total. The van der Waals surface area contributed by atoms with Crippen LogP contribution in [0.2, 0.25) is 0 Å². The van der Waals surface area contributed by atoms with Gasteiger partial charge < -0.3 is 14.6 Å². The zero-order valence-corrected chi connectivity index (χ0v) is 21.3. The Balaban J connectivity index is 1.44. The Bertz CT molecular complexity index is 1610. The predicted octanol–water partition coefficient (Wildman–Crippen LogP) is 4.80. The van der Waals surface area contributed by atoms with Gasteiger partial charge in [-0.05, 0) is 67.6 Å². The van der Waals surface area contributed by atoms with Gasteiger partial charge in [-0.25, -0.2) is 9.67 Å². The van der Waals surface area contributed by atoms with Crippen molar-refractivity contribution < 1.29 is 9.53 Å². The number of aryl methyl sites for hydroxylation is 2. The van der Waals surface area contributed by atoms with Crippen molar-refractivity contribution in [2.75, 3.05) is 11.9 Å². The Hall–Kier alpha value is -4.97. The second kappa shape index (κ2) is 11.0. The van der Waals surface area contributed by atoms with Crippen LogP contribution in [0.15, 0.2) is 73.1 Å². The van der Waals surface area contributed by atoms with Crippen LogP contribution in [-0.2, 0) is 29.5 Å². The van der Waals surface area contributed by atoms with Gasteiger partial charge in [-0.3, -0.25) is 9.78 Å². The number of hydrogen-bond donors (Lipinski definition) is 1. The van der Waals surface area contributed by atoms with E-state index >= 15 is 0 Å². The normalized spacial score (nSPS) is 10.9. The van der Waals surface area contributed by atoms with E-state index in [1.165, 1.54) is 0 Å². The Morgan fingerprint density at radius 2 is 1.97 bits per heavy atom. The summed E-state index contributed by atoms with van der Waals surface area (Å²) < 4.78 is 9.01. The lowest BCUT2D eigenvalue weighted by atomic mass is 10.1. The van der Waals surface area contributed by atoms with Gasteiger partial charge in [0.2, 0.25) is 0 Å². The number of anilines is 1. The van der Waals surface area contributed by atoms with Crippen molar-refractivity contribution in [3.05, 3.63) is 90.1 Å². The van der Waals surface area contributed by atoms with Gasteiger partial charge in [0, 0.05) is 37.1 Å². The summed E-state index contributed by atoms with van der Waals surface area (Å²) in [5.41, 5.74) is 6.87. The molecule has 0 saturated carbocycles. The molecule has 5 rings (SSSR count). The molecular weight excluding hydrogens is 478 g/mol. The molecule has 3 heterocycles. The number of carbonyl (C=O) groups excluding carboxylic acids is 1. The van der Waals surface area contributed by atoms with Gasteiger partial charge in [-0.15, -0.1) is 0 Å². The Morgan fingerprint density at radius 1 is 1.13 bits per heavy atom. The number of carbonyl (C=O) groups is 1. The minimum absolute atomic E-state index is 0.234. The van der Waals surface area contributed by atoms with E-state index in [1.54, 1.807) is 31.5 Å². The monoisotopic (exact) mass is 505 g/mol. The molecule has 0 atom stereocenters. The minimum atomic E-state index is -0.234. The lowest BCUT2D eigenvalue weighted by Crippen LogP contribution is -2.06. The van der Waals surface area contributed by atoms with Gasteiger partial charge in [-0.1, -0.05) is 0 Å². The van der Waals surface area contributed by atoms with Gasteiger partial charge in [-0.2, -0.15) is 10.4 Å². The Kier molecular flexibility index (Phi) is 7.13. The topological polar surface area (TPSA) is 111 Å². The van der Waals surface area contributed by atoms with Crippen molar-refractivity contribution in [1.29, 1.82) is 5.26 Å². The standard InChI is InChI=1S/C29H27N7O2/c1-3-38-29(37)13-10-23-15-27(21-5-4-14-31-18-21)36(34-23)24-11-12-26-25(16-24)33-28(35(26)2)19-32-22-8-6-20(17-30)7-9-22/h4-9,11-12,14-16,18,32H,3,10,13,19H2,1-2H3. The molecule has 0 bridgehead atoms. The first-order chi connectivity index (χ1) is 18.6. The first kappa shape index (κ1) is 24.7. The van der Waals surface area contributed by atoms with Crippen LogP contribution in [0, 0.1) is 11.3 Å². The lowest BCUT2D eigenvalue weighted by Gasteiger charge is -2.08. The average molecular weight is 506 g/mol. The third-order valence-electron chi connectivity index (χ3n) is 6.27. The molecule has 38 heavy (non-hydrogen) atoms. The van der Waals surface area contributed by atoms with Crippen molar-refractivity contribution in [3.8, 4) is 23.0 Å². The summed E-state index contributed by atoms with van der Waals surface area (Å²) >= 11 is 0. The predicted molar refractivity (Wildman–Crippen MR) is 145 cm³/mol. The third kappa shape index (κ3) is 5.25. The summed E-state index contributed by atoms with van der Waals surface area (Å²) in [6.07, 6.45) is 4.29. The molecule has 0 fully saturated rings. The Morgan fingerprint density at radius 3 is 2.71 bits per heavy atom. The highest BCUT2D eigenvalue weighted by molar-refractivity contribution is 5.79. The van der Waals surface area contributed by atoms with Gasteiger partial charge in [0.15, 0.2) is 0 Å². The summed E-state index contributed by atoms with van der Waals surface area (Å²) in [4.78, 5) is 21.0. The fraction of sp³-hybridized carbons (Fsp3) is 0.207. The number of ether oxygens (including phenoxy) is 1. The number of pyridine rings is 1. The molecule has 0 unspecified atom stereocenters. The fourth-order valence-corrected chi connectivity index (χ4v) is 4.30. The van der Waals surface area contributed by atoms with Crippen LogP contribution in [0.25, 0.3) is 28.0 Å². The smallest absolute Gasteiger partial charge is 0.306 e. The van der Waals surface area contributed by atoms with E-state index in [0.717, 1.165) is 45.2 Å². The summed E-state index contributed by atoms with van der Waals surface area (Å²) in [7, 11) is 1.99.